The molecule has 1 aliphatic rings. The second-order valence-corrected chi connectivity index (χ2v) is 5.11. The monoisotopic (exact) mass is 238 g/mol. The number of hydrogen-bond acceptors (Lipinski definition) is 3. The molecule has 1 N–H and O–H groups in total. The summed E-state index contributed by atoms with van der Waals surface area (Å²) in [6, 6.07) is 9.90. The van der Waals surface area contributed by atoms with Crippen molar-refractivity contribution in [1.29, 1.82) is 5.26 Å². The molecule has 1 aromatic carbocycles. The highest BCUT2D eigenvalue weighted by atomic mass is 35.5. The Hall–Kier alpha value is -0.850. The molecule has 0 spiro atoms. The summed E-state index contributed by atoms with van der Waals surface area (Å²) in [5.41, 5.74) is 0.415. The molecule has 0 bridgehead atoms. The summed E-state index contributed by atoms with van der Waals surface area (Å²) < 4.78 is 0. The molecule has 1 fully saturated rings. The predicted octanol–water partition coefficient (Wildman–Crippen LogP) is 3.15. The Morgan fingerprint density at radius 2 is 2.27 bits per heavy atom. The first-order chi connectivity index (χ1) is 7.26. The van der Waals surface area contributed by atoms with Crippen LogP contribution in [0, 0.1) is 11.3 Å². The number of nitrogens with zero attached hydrogens (tertiary/aromatic N) is 1. The third-order valence-electron chi connectivity index (χ3n) is 2.48. The zero-order valence-electron chi connectivity index (χ0n) is 8.16. The molecular formula is C11H11ClN2S. The first-order valence-corrected chi connectivity index (χ1v) is 6.31. The highest BCUT2D eigenvalue weighted by Gasteiger charge is 2.34. The van der Waals surface area contributed by atoms with E-state index < -0.39 is 5.54 Å². The Morgan fingerprint density at radius 3 is 2.87 bits per heavy atom. The molecule has 1 saturated heterocycles. The molecule has 15 heavy (non-hydrogen) atoms. The summed E-state index contributed by atoms with van der Waals surface area (Å²) in [6.45, 7) is 0. The van der Waals surface area contributed by atoms with E-state index >= 15 is 0 Å². The van der Waals surface area contributed by atoms with Gasteiger partial charge in [0.25, 0.3) is 0 Å². The Balaban J connectivity index is 2.21. The fourth-order valence-corrected chi connectivity index (χ4v) is 3.05. The lowest BCUT2D eigenvalue weighted by Crippen LogP contribution is -2.36. The SMILES string of the molecule is N#CC1(Nc2ccccc2Cl)CCSC1. The van der Waals surface area contributed by atoms with Gasteiger partial charge in [-0.1, -0.05) is 23.7 Å². The van der Waals surface area contributed by atoms with Crippen LogP contribution in [0.2, 0.25) is 5.02 Å². The smallest absolute Gasteiger partial charge is 0.135 e. The highest BCUT2D eigenvalue weighted by Crippen LogP contribution is 2.33. The van der Waals surface area contributed by atoms with Crippen LogP contribution in [0.15, 0.2) is 24.3 Å². The maximum absolute atomic E-state index is 9.20. The van der Waals surface area contributed by atoms with Crippen LogP contribution in [0.4, 0.5) is 5.69 Å². The number of rotatable bonds is 2. The molecule has 1 unspecified atom stereocenters. The van der Waals surface area contributed by atoms with Gasteiger partial charge in [-0.15, -0.1) is 0 Å². The standard InChI is InChI=1S/C11H11ClN2S/c12-9-3-1-2-4-10(9)14-11(7-13)5-6-15-8-11/h1-4,14H,5-6,8H2. The van der Waals surface area contributed by atoms with Gasteiger partial charge in [-0.25, -0.2) is 0 Å². The van der Waals surface area contributed by atoms with Crippen LogP contribution < -0.4 is 5.32 Å². The van der Waals surface area contributed by atoms with Gasteiger partial charge in [-0.3, -0.25) is 0 Å². The van der Waals surface area contributed by atoms with Gasteiger partial charge in [0.15, 0.2) is 0 Å². The van der Waals surface area contributed by atoms with E-state index in [1.165, 1.54) is 0 Å². The van der Waals surface area contributed by atoms with Gasteiger partial charge in [0.05, 0.1) is 16.8 Å². The minimum absolute atomic E-state index is 0.435. The van der Waals surface area contributed by atoms with Gasteiger partial charge in [-0.05, 0) is 24.3 Å². The van der Waals surface area contributed by atoms with Crippen LogP contribution in [-0.4, -0.2) is 17.0 Å². The molecule has 1 aromatic rings. The van der Waals surface area contributed by atoms with Crippen molar-refractivity contribution in [3.05, 3.63) is 29.3 Å². The van der Waals surface area contributed by atoms with Gasteiger partial charge in [0, 0.05) is 5.75 Å². The lowest BCUT2D eigenvalue weighted by Gasteiger charge is -2.23. The molecule has 4 heteroatoms. The molecule has 78 valence electrons. The fraction of sp³-hybridized carbons (Fsp3) is 0.364. The Morgan fingerprint density at radius 1 is 1.47 bits per heavy atom. The Labute approximate surface area is 98.6 Å². The molecule has 1 aliphatic heterocycles. The van der Waals surface area contributed by atoms with Crippen molar-refractivity contribution in [3.8, 4) is 6.07 Å². The van der Waals surface area contributed by atoms with E-state index in [1.807, 2.05) is 24.3 Å². The van der Waals surface area contributed by atoms with E-state index in [4.69, 9.17) is 11.6 Å². The summed E-state index contributed by atoms with van der Waals surface area (Å²) in [4.78, 5) is 0. The van der Waals surface area contributed by atoms with Crippen molar-refractivity contribution in [1.82, 2.24) is 0 Å². The van der Waals surface area contributed by atoms with Crippen molar-refractivity contribution in [2.45, 2.75) is 12.0 Å². The lowest BCUT2D eigenvalue weighted by molar-refractivity contribution is 0.666. The number of hydrogen-bond donors (Lipinski definition) is 1. The minimum atomic E-state index is -0.435. The van der Waals surface area contributed by atoms with Crippen molar-refractivity contribution < 1.29 is 0 Å². The molecule has 0 aliphatic carbocycles. The molecule has 1 atom stereocenters. The zero-order valence-corrected chi connectivity index (χ0v) is 9.74. The maximum atomic E-state index is 9.20. The second-order valence-electron chi connectivity index (χ2n) is 3.60. The number of benzene rings is 1. The normalized spacial score (nSPS) is 24.8. The highest BCUT2D eigenvalue weighted by molar-refractivity contribution is 7.99. The van der Waals surface area contributed by atoms with E-state index in [1.54, 1.807) is 11.8 Å². The van der Waals surface area contributed by atoms with Crippen LogP contribution in [-0.2, 0) is 0 Å². The van der Waals surface area contributed by atoms with Crippen molar-refractivity contribution in [3.63, 3.8) is 0 Å². The van der Waals surface area contributed by atoms with Crippen LogP contribution in [0.1, 0.15) is 6.42 Å². The maximum Gasteiger partial charge on any atom is 0.135 e. The molecule has 0 aromatic heterocycles. The molecular weight excluding hydrogens is 228 g/mol. The fourth-order valence-electron chi connectivity index (χ4n) is 1.60. The number of thioether (sulfide) groups is 1. The van der Waals surface area contributed by atoms with E-state index in [0.29, 0.717) is 5.02 Å². The number of halogens is 1. The van der Waals surface area contributed by atoms with Gasteiger partial charge < -0.3 is 5.32 Å². The van der Waals surface area contributed by atoms with E-state index in [2.05, 4.69) is 11.4 Å². The summed E-state index contributed by atoms with van der Waals surface area (Å²) in [5.74, 6) is 1.86. The average molecular weight is 239 g/mol. The number of nitrogens with one attached hydrogen (secondary N) is 1. The van der Waals surface area contributed by atoms with Gasteiger partial charge in [-0.2, -0.15) is 17.0 Å². The van der Waals surface area contributed by atoms with Crippen molar-refractivity contribution in [2.75, 3.05) is 16.8 Å². The van der Waals surface area contributed by atoms with Crippen molar-refractivity contribution in [2.24, 2.45) is 0 Å². The average Bonchev–Trinajstić information content (AvgIpc) is 2.71. The molecule has 2 nitrogen and oxygen atoms in total. The summed E-state index contributed by atoms with van der Waals surface area (Å²) in [7, 11) is 0. The van der Waals surface area contributed by atoms with Gasteiger partial charge >= 0.3 is 0 Å². The number of anilines is 1. The molecule has 0 radical (unpaired) electrons. The molecule has 2 rings (SSSR count). The van der Waals surface area contributed by atoms with Crippen molar-refractivity contribution >= 4 is 29.1 Å². The number of nitriles is 1. The van der Waals surface area contributed by atoms with Crippen LogP contribution >= 0.6 is 23.4 Å². The Kier molecular flexibility index (Phi) is 3.08. The number of para-hydroxylation sites is 1. The second kappa shape index (κ2) is 4.34. The third-order valence-corrected chi connectivity index (χ3v) is 4.00. The van der Waals surface area contributed by atoms with E-state index in [-0.39, 0.29) is 0 Å². The molecule has 0 saturated carbocycles. The lowest BCUT2D eigenvalue weighted by atomic mass is 10.0. The van der Waals surface area contributed by atoms with E-state index in [0.717, 1.165) is 23.6 Å². The van der Waals surface area contributed by atoms with Crippen LogP contribution in [0.25, 0.3) is 0 Å². The third kappa shape index (κ3) is 2.22. The summed E-state index contributed by atoms with van der Waals surface area (Å²) in [6.07, 6.45) is 0.874. The quantitative estimate of drug-likeness (QED) is 0.860. The van der Waals surface area contributed by atoms with Crippen LogP contribution in [0.3, 0.4) is 0 Å². The van der Waals surface area contributed by atoms with E-state index in [9.17, 15) is 5.26 Å². The summed E-state index contributed by atoms with van der Waals surface area (Å²) in [5, 5.41) is 13.1. The minimum Gasteiger partial charge on any atom is -0.365 e. The Bertz CT molecular complexity index is 394. The van der Waals surface area contributed by atoms with Crippen LogP contribution in [0.5, 0.6) is 0 Å². The predicted molar refractivity (Wildman–Crippen MR) is 65.4 cm³/mol. The topological polar surface area (TPSA) is 35.8 Å². The largest absolute Gasteiger partial charge is 0.365 e. The van der Waals surface area contributed by atoms with Gasteiger partial charge in [0.2, 0.25) is 0 Å². The van der Waals surface area contributed by atoms with Gasteiger partial charge in [0.1, 0.15) is 5.54 Å². The molecule has 1 heterocycles. The zero-order chi connectivity index (χ0) is 10.7. The summed E-state index contributed by atoms with van der Waals surface area (Å²) >= 11 is 7.85. The first-order valence-electron chi connectivity index (χ1n) is 4.77. The molecule has 0 amide bonds. The first kappa shape index (κ1) is 10.7.